The van der Waals surface area contributed by atoms with E-state index < -0.39 is 0 Å². The lowest BCUT2D eigenvalue weighted by molar-refractivity contribution is -0.129. The first-order valence-corrected chi connectivity index (χ1v) is 8.31. The van der Waals surface area contributed by atoms with Gasteiger partial charge in [-0.3, -0.25) is 4.79 Å². The Hall–Kier alpha value is -2.44. The first-order chi connectivity index (χ1) is 11.6. The van der Waals surface area contributed by atoms with Gasteiger partial charge < -0.3 is 14.2 Å². The Morgan fingerprint density at radius 1 is 1.50 bits per heavy atom. The summed E-state index contributed by atoms with van der Waals surface area (Å²) in [5, 5.41) is 4.07. The number of hydrogen-bond acceptors (Lipinski definition) is 6. The molecule has 128 valence electrons. The number of carbonyl (C=O) groups is 1. The third-order valence-electron chi connectivity index (χ3n) is 3.98. The van der Waals surface area contributed by atoms with E-state index in [0.29, 0.717) is 30.6 Å². The average Bonchev–Trinajstić information content (AvgIpc) is 3.23. The number of rotatable bonds is 5. The Morgan fingerprint density at radius 3 is 3.08 bits per heavy atom. The van der Waals surface area contributed by atoms with Crippen LogP contribution < -0.4 is 4.74 Å². The lowest BCUT2D eigenvalue weighted by Gasteiger charge is -2.13. The van der Waals surface area contributed by atoms with Gasteiger partial charge in [0.2, 0.25) is 23.5 Å². The van der Waals surface area contributed by atoms with Crippen molar-refractivity contribution in [3.8, 4) is 17.3 Å². The minimum Gasteiger partial charge on any atom is -0.475 e. The minimum atomic E-state index is 0.0501. The van der Waals surface area contributed by atoms with Gasteiger partial charge in [-0.05, 0) is 26.3 Å². The Balaban J connectivity index is 1.73. The summed E-state index contributed by atoms with van der Waals surface area (Å²) >= 11 is 0. The zero-order valence-corrected chi connectivity index (χ0v) is 14.2. The zero-order valence-electron chi connectivity index (χ0n) is 14.2. The van der Waals surface area contributed by atoms with E-state index >= 15 is 0 Å². The van der Waals surface area contributed by atoms with Crippen molar-refractivity contribution < 1.29 is 14.1 Å². The Kier molecular flexibility index (Phi) is 4.78. The lowest BCUT2D eigenvalue weighted by Crippen LogP contribution is -2.27. The molecule has 1 atom stereocenters. The normalized spacial score (nSPS) is 17.5. The summed E-state index contributed by atoms with van der Waals surface area (Å²) in [4.78, 5) is 22.3. The Morgan fingerprint density at radius 2 is 2.33 bits per heavy atom. The molecule has 0 spiro atoms. The van der Waals surface area contributed by atoms with Crippen LogP contribution >= 0.6 is 0 Å². The molecule has 1 aliphatic rings. The summed E-state index contributed by atoms with van der Waals surface area (Å²) in [5.74, 6) is 1.91. The van der Waals surface area contributed by atoms with E-state index in [1.807, 2.05) is 31.7 Å². The highest BCUT2D eigenvalue weighted by Crippen LogP contribution is 2.28. The molecule has 7 heteroatoms. The monoisotopic (exact) mass is 330 g/mol. The maximum absolute atomic E-state index is 11.8. The average molecular weight is 330 g/mol. The first-order valence-electron chi connectivity index (χ1n) is 8.31. The van der Waals surface area contributed by atoms with E-state index in [-0.39, 0.29) is 17.9 Å². The third kappa shape index (κ3) is 3.55. The van der Waals surface area contributed by atoms with Crippen molar-refractivity contribution in [1.82, 2.24) is 20.0 Å². The van der Waals surface area contributed by atoms with E-state index in [4.69, 9.17) is 9.26 Å². The second kappa shape index (κ2) is 6.98. The van der Waals surface area contributed by atoms with Gasteiger partial charge in [-0.15, -0.1) is 0 Å². The van der Waals surface area contributed by atoms with Gasteiger partial charge >= 0.3 is 0 Å². The Bertz CT molecular complexity index is 713. The number of carbonyl (C=O) groups excluding carboxylic acids is 1. The number of ether oxygens (including phenoxy) is 1. The molecule has 1 unspecified atom stereocenters. The second-order valence-electron chi connectivity index (χ2n) is 6.18. The topological polar surface area (TPSA) is 81.4 Å². The van der Waals surface area contributed by atoms with Gasteiger partial charge in [0.25, 0.3) is 0 Å². The molecule has 1 amide bonds. The molecule has 2 aromatic rings. The summed E-state index contributed by atoms with van der Waals surface area (Å²) in [6.07, 6.45) is 3.09. The molecule has 7 nitrogen and oxygen atoms in total. The predicted molar refractivity (Wildman–Crippen MR) is 87.5 cm³/mol. The molecule has 2 aromatic heterocycles. The van der Waals surface area contributed by atoms with Crippen LogP contribution in [0, 0.1) is 0 Å². The number of aromatic nitrogens is 3. The quantitative estimate of drug-likeness (QED) is 0.838. The first kappa shape index (κ1) is 16.4. The van der Waals surface area contributed by atoms with Crippen molar-refractivity contribution in [1.29, 1.82) is 0 Å². The molecule has 1 saturated heterocycles. The van der Waals surface area contributed by atoms with Gasteiger partial charge in [-0.25, -0.2) is 4.98 Å². The molecule has 0 bridgehead atoms. The van der Waals surface area contributed by atoms with Gasteiger partial charge in [0, 0.05) is 37.3 Å². The summed E-state index contributed by atoms with van der Waals surface area (Å²) in [6, 6.07) is 3.62. The van der Waals surface area contributed by atoms with Crippen molar-refractivity contribution in [2.45, 2.75) is 45.6 Å². The molecule has 0 aromatic carbocycles. The molecule has 0 radical (unpaired) electrons. The molecule has 0 aliphatic carbocycles. The maximum Gasteiger partial charge on any atom is 0.231 e. The summed E-state index contributed by atoms with van der Waals surface area (Å²) in [5.41, 5.74) is 0.801. The summed E-state index contributed by atoms with van der Waals surface area (Å²) in [7, 11) is 0. The van der Waals surface area contributed by atoms with E-state index in [2.05, 4.69) is 15.1 Å². The molecule has 0 saturated carbocycles. The molecule has 3 heterocycles. The van der Waals surface area contributed by atoms with Crippen LogP contribution in [0.5, 0.6) is 5.88 Å². The SMILES string of the molecule is CCC(=O)N1CCC(c2nc(-c3ccnc(OC(C)C)c3)no2)C1. The highest BCUT2D eigenvalue weighted by molar-refractivity contribution is 5.76. The van der Waals surface area contributed by atoms with E-state index in [1.54, 1.807) is 12.3 Å². The number of amides is 1. The molecular weight excluding hydrogens is 308 g/mol. The van der Waals surface area contributed by atoms with Crippen LogP contribution in [0.2, 0.25) is 0 Å². The van der Waals surface area contributed by atoms with Crippen LogP contribution in [0.25, 0.3) is 11.4 Å². The molecule has 24 heavy (non-hydrogen) atoms. The van der Waals surface area contributed by atoms with Crippen LogP contribution in [-0.4, -0.2) is 45.1 Å². The standard InChI is InChI=1S/C17H22N4O3/c1-4-15(22)21-8-6-13(10-21)17-19-16(20-24-17)12-5-7-18-14(9-12)23-11(2)3/h5,7,9,11,13H,4,6,8,10H2,1-3H3. The van der Waals surface area contributed by atoms with Crippen molar-refractivity contribution in [2.75, 3.05) is 13.1 Å². The fourth-order valence-corrected chi connectivity index (χ4v) is 2.78. The smallest absolute Gasteiger partial charge is 0.231 e. The van der Waals surface area contributed by atoms with Crippen LogP contribution in [0.15, 0.2) is 22.9 Å². The Labute approximate surface area is 141 Å². The van der Waals surface area contributed by atoms with E-state index in [9.17, 15) is 4.79 Å². The van der Waals surface area contributed by atoms with Gasteiger partial charge in [0.15, 0.2) is 0 Å². The highest BCUT2D eigenvalue weighted by atomic mass is 16.5. The van der Waals surface area contributed by atoms with Crippen molar-refractivity contribution in [3.63, 3.8) is 0 Å². The third-order valence-corrected chi connectivity index (χ3v) is 3.98. The maximum atomic E-state index is 11.8. The second-order valence-corrected chi connectivity index (χ2v) is 6.18. The minimum absolute atomic E-state index is 0.0501. The predicted octanol–water partition coefficient (Wildman–Crippen LogP) is 2.64. The zero-order chi connectivity index (χ0) is 17.1. The molecular formula is C17H22N4O3. The summed E-state index contributed by atoms with van der Waals surface area (Å²) in [6.45, 7) is 7.16. The van der Waals surface area contributed by atoms with Crippen LogP contribution in [-0.2, 0) is 4.79 Å². The van der Waals surface area contributed by atoms with Gasteiger partial charge in [-0.1, -0.05) is 12.1 Å². The van der Waals surface area contributed by atoms with Crippen molar-refractivity contribution in [2.24, 2.45) is 0 Å². The van der Waals surface area contributed by atoms with Gasteiger partial charge in [0.1, 0.15) is 0 Å². The summed E-state index contributed by atoms with van der Waals surface area (Å²) < 4.78 is 11.0. The number of nitrogens with zero attached hydrogens (tertiary/aromatic N) is 4. The van der Waals surface area contributed by atoms with Crippen LogP contribution in [0.1, 0.15) is 45.4 Å². The van der Waals surface area contributed by atoms with Crippen LogP contribution in [0.4, 0.5) is 0 Å². The number of hydrogen-bond donors (Lipinski definition) is 0. The fourth-order valence-electron chi connectivity index (χ4n) is 2.78. The van der Waals surface area contributed by atoms with Crippen LogP contribution in [0.3, 0.4) is 0 Å². The van der Waals surface area contributed by atoms with E-state index in [0.717, 1.165) is 18.5 Å². The fraction of sp³-hybridized carbons (Fsp3) is 0.529. The van der Waals surface area contributed by atoms with Gasteiger partial charge in [-0.2, -0.15) is 4.98 Å². The largest absolute Gasteiger partial charge is 0.475 e. The molecule has 1 aliphatic heterocycles. The van der Waals surface area contributed by atoms with Gasteiger partial charge in [0.05, 0.1) is 12.0 Å². The number of likely N-dealkylation sites (tertiary alicyclic amines) is 1. The van der Waals surface area contributed by atoms with Crippen molar-refractivity contribution >= 4 is 5.91 Å². The highest BCUT2D eigenvalue weighted by Gasteiger charge is 2.30. The lowest BCUT2D eigenvalue weighted by atomic mass is 10.1. The molecule has 3 rings (SSSR count). The number of pyridine rings is 1. The molecule has 0 N–H and O–H groups in total. The molecule has 1 fully saturated rings. The van der Waals surface area contributed by atoms with E-state index in [1.165, 1.54) is 0 Å². The van der Waals surface area contributed by atoms with Crippen molar-refractivity contribution in [3.05, 3.63) is 24.2 Å².